The standard InChI is InChI=1S/C25H46O3/c1-6-19(21-12-14-23(26)15-13-21)17-22(24(27)28-25(3,4)5)16-18(2)20-10-8-7-9-11-20/h18-23,26H,6-17H2,1-5H3. The van der Waals surface area contributed by atoms with Gasteiger partial charge in [-0.1, -0.05) is 52.4 Å². The molecule has 0 bridgehead atoms. The van der Waals surface area contributed by atoms with E-state index in [0.717, 1.165) is 50.9 Å². The molecule has 0 heterocycles. The SMILES string of the molecule is CCC(CC(CC(C)C1CCCCC1)C(=O)OC(C)(C)C)C1CCC(O)CC1. The van der Waals surface area contributed by atoms with Crippen molar-refractivity contribution in [2.45, 2.75) is 123 Å². The number of hydrogen-bond donors (Lipinski definition) is 1. The van der Waals surface area contributed by atoms with Gasteiger partial charge in [-0.2, -0.15) is 0 Å². The molecule has 2 rings (SSSR count). The molecule has 0 spiro atoms. The van der Waals surface area contributed by atoms with Gasteiger partial charge in [0.25, 0.3) is 0 Å². The van der Waals surface area contributed by atoms with Crippen molar-refractivity contribution in [2.24, 2.45) is 29.6 Å². The van der Waals surface area contributed by atoms with Gasteiger partial charge in [0.1, 0.15) is 5.60 Å². The molecule has 3 nitrogen and oxygen atoms in total. The molecule has 3 heteroatoms. The zero-order valence-electron chi connectivity index (χ0n) is 19.2. The highest BCUT2D eigenvalue weighted by atomic mass is 16.6. The van der Waals surface area contributed by atoms with Crippen LogP contribution in [0.4, 0.5) is 0 Å². The number of aliphatic hydroxyl groups excluding tert-OH is 1. The Morgan fingerprint density at radius 1 is 0.964 bits per heavy atom. The van der Waals surface area contributed by atoms with Gasteiger partial charge in [-0.15, -0.1) is 0 Å². The molecule has 164 valence electrons. The predicted octanol–water partition coefficient (Wildman–Crippen LogP) is 6.52. The fraction of sp³-hybridized carbons (Fsp3) is 0.960. The Kier molecular flexibility index (Phi) is 9.31. The third kappa shape index (κ3) is 7.69. The van der Waals surface area contributed by atoms with E-state index in [1.807, 2.05) is 20.8 Å². The summed E-state index contributed by atoms with van der Waals surface area (Å²) in [6.45, 7) is 10.6. The lowest BCUT2D eigenvalue weighted by atomic mass is 9.71. The molecule has 0 aliphatic heterocycles. The molecule has 3 unspecified atom stereocenters. The maximum absolute atomic E-state index is 13.1. The molecule has 0 aromatic rings. The second kappa shape index (κ2) is 11.0. The van der Waals surface area contributed by atoms with Crippen LogP contribution in [0.25, 0.3) is 0 Å². The van der Waals surface area contributed by atoms with Crippen molar-refractivity contribution in [1.29, 1.82) is 0 Å². The highest BCUT2D eigenvalue weighted by molar-refractivity contribution is 5.72. The summed E-state index contributed by atoms with van der Waals surface area (Å²) < 4.78 is 5.86. The first-order valence-corrected chi connectivity index (χ1v) is 12.1. The minimum Gasteiger partial charge on any atom is -0.460 e. The van der Waals surface area contributed by atoms with Crippen LogP contribution < -0.4 is 0 Å². The summed E-state index contributed by atoms with van der Waals surface area (Å²) in [4.78, 5) is 13.1. The largest absolute Gasteiger partial charge is 0.460 e. The van der Waals surface area contributed by atoms with E-state index in [1.54, 1.807) is 0 Å². The van der Waals surface area contributed by atoms with E-state index in [-0.39, 0.29) is 18.0 Å². The topological polar surface area (TPSA) is 46.5 Å². The van der Waals surface area contributed by atoms with Gasteiger partial charge in [-0.25, -0.2) is 0 Å². The zero-order chi connectivity index (χ0) is 20.7. The van der Waals surface area contributed by atoms with Gasteiger partial charge in [0.15, 0.2) is 0 Å². The molecule has 0 saturated heterocycles. The number of carbonyl (C=O) groups excluding carboxylic acids is 1. The zero-order valence-corrected chi connectivity index (χ0v) is 19.2. The minimum atomic E-state index is -0.417. The Bertz CT molecular complexity index is 453. The van der Waals surface area contributed by atoms with Crippen LogP contribution in [0.3, 0.4) is 0 Å². The summed E-state index contributed by atoms with van der Waals surface area (Å²) in [5.74, 6) is 2.65. The van der Waals surface area contributed by atoms with Crippen molar-refractivity contribution in [3.05, 3.63) is 0 Å². The number of aliphatic hydroxyl groups is 1. The van der Waals surface area contributed by atoms with Crippen LogP contribution in [0.5, 0.6) is 0 Å². The van der Waals surface area contributed by atoms with Crippen LogP contribution in [0, 0.1) is 29.6 Å². The summed E-state index contributed by atoms with van der Waals surface area (Å²) >= 11 is 0. The van der Waals surface area contributed by atoms with Crippen molar-refractivity contribution in [3.63, 3.8) is 0 Å². The van der Waals surface area contributed by atoms with Crippen molar-refractivity contribution in [2.75, 3.05) is 0 Å². The molecule has 0 radical (unpaired) electrons. The summed E-state index contributed by atoms with van der Waals surface area (Å²) in [5, 5.41) is 9.87. The van der Waals surface area contributed by atoms with Crippen LogP contribution >= 0.6 is 0 Å². The highest BCUT2D eigenvalue weighted by Crippen LogP contribution is 2.39. The Morgan fingerprint density at radius 2 is 1.57 bits per heavy atom. The third-order valence-corrected chi connectivity index (χ3v) is 7.37. The molecule has 28 heavy (non-hydrogen) atoms. The van der Waals surface area contributed by atoms with E-state index in [2.05, 4.69) is 13.8 Å². The molecule has 2 fully saturated rings. The number of rotatable bonds is 8. The quantitative estimate of drug-likeness (QED) is 0.477. The third-order valence-electron chi connectivity index (χ3n) is 7.37. The molecule has 0 aromatic carbocycles. The minimum absolute atomic E-state index is 0.0180. The number of hydrogen-bond acceptors (Lipinski definition) is 3. The van der Waals surface area contributed by atoms with Crippen LogP contribution in [-0.4, -0.2) is 22.8 Å². The fourth-order valence-electron chi connectivity index (χ4n) is 5.65. The molecule has 2 aliphatic carbocycles. The highest BCUT2D eigenvalue weighted by Gasteiger charge is 2.34. The smallest absolute Gasteiger partial charge is 0.309 e. The van der Waals surface area contributed by atoms with Crippen LogP contribution in [-0.2, 0) is 9.53 Å². The van der Waals surface area contributed by atoms with Crippen LogP contribution in [0.2, 0.25) is 0 Å². The van der Waals surface area contributed by atoms with E-state index < -0.39 is 5.60 Å². The van der Waals surface area contributed by atoms with Gasteiger partial charge in [0.05, 0.1) is 12.0 Å². The van der Waals surface area contributed by atoms with E-state index in [9.17, 15) is 9.90 Å². The van der Waals surface area contributed by atoms with E-state index in [0.29, 0.717) is 17.8 Å². The summed E-state index contributed by atoms with van der Waals surface area (Å²) in [5.41, 5.74) is -0.417. The summed E-state index contributed by atoms with van der Waals surface area (Å²) in [6, 6.07) is 0. The molecular weight excluding hydrogens is 348 g/mol. The van der Waals surface area contributed by atoms with E-state index in [4.69, 9.17) is 4.74 Å². The van der Waals surface area contributed by atoms with Crippen molar-refractivity contribution in [1.82, 2.24) is 0 Å². The summed E-state index contributed by atoms with van der Waals surface area (Å²) in [6.07, 6.45) is 13.8. The lowest BCUT2D eigenvalue weighted by Crippen LogP contribution is -2.33. The number of esters is 1. The fourth-order valence-corrected chi connectivity index (χ4v) is 5.65. The molecule has 1 N–H and O–H groups in total. The Labute approximate surface area is 174 Å². The van der Waals surface area contributed by atoms with Crippen molar-refractivity contribution in [3.8, 4) is 0 Å². The lowest BCUT2D eigenvalue weighted by Gasteiger charge is -2.36. The van der Waals surface area contributed by atoms with Gasteiger partial charge < -0.3 is 9.84 Å². The van der Waals surface area contributed by atoms with Gasteiger partial charge in [-0.3, -0.25) is 4.79 Å². The number of ether oxygens (including phenoxy) is 1. The lowest BCUT2D eigenvalue weighted by molar-refractivity contribution is -0.161. The van der Waals surface area contributed by atoms with Crippen LogP contribution in [0.15, 0.2) is 0 Å². The monoisotopic (exact) mass is 394 g/mol. The van der Waals surface area contributed by atoms with Gasteiger partial charge in [0.2, 0.25) is 0 Å². The maximum atomic E-state index is 13.1. The normalized spacial score (nSPS) is 27.8. The first-order valence-electron chi connectivity index (χ1n) is 12.1. The molecule has 2 saturated carbocycles. The van der Waals surface area contributed by atoms with Crippen LogP contribution in [0.1, 0.15) is 112 Å². The van der Waals surface area contributed by atoms with Gasteiger partial charge in [0, 0.05) is 0 Å². The number of carbonyl (C=O) groups is 1. The maximum Gasteiger partial charge on any atom is 0.309 e. The first-order chi connectivity index (χ1) is 13.2. The Morgan fingerprint density at radius 3 is 2.11 bits per heavy atom. The average Bonchev–Trinajstić information content (AvgIpc) is 2.65. The summed E-state index contributed by atoms with van der Waals surface area (Å²) in [7, 11) is 0. The average molecular weight is 395 g/mol. The Balaban J connectivity index is 2.04. The predicted molar refractivity (Wildman–Crippen MR) is 116 cm³/mol. The molecule has 2 aliphatic rings. The van der Waals surface area contributed by atoms with E-state index >= 15 is 0 Å². The first kappa shape index (κ1) is 23.7. The second-order valence-electron chi connectivity index (χ2n) is 10.8. The Hall–Kier alpha value is -0.570. The molecule has 0 amide bonds. The van der Waals surface area contributed by atoms with Crippen molar-refractivity contribution >= 4 is 5.97 Å². The van der Waals surface area contributed by atoms with Gasteiger partial charge >= 0.3 is 5.97 Å². The van der Waals surface area contributed by atoms with Gasteiger partial charge in [-0.05, 0) is 83.0 Å². The molecular formula is C25H46O3. The van der Waals surface area contributed by atoms with Crippen molar-refractivity contribution < 1.29 is 14.6 Å². The second-order valence-corrected chi connectivity index (χ2v) is 10.8. The molecule has 0 aromatic heterocycles. The van der Waals surface area contributed by atoms with E-state index in [1.165, 1.54) is 32.1 Å². The molecule has 3 atom stereocenters.